The highest BCUT2D eigenvalue weighted by molar-refractivity contribution is 7.16. The summed E-state index contributed by atoms with van der Waals surface area (Å²) in [5.41, 5.74) is 0.615. The summed E-state index contributed by atoms with van der Waals surface area (Å²) < 4.78 is 0. The van der Waals surface area contributed by atoms with E-state index in [1.54, 1.807) is 13.8 Å². The first-order chi connectivity index (χ1) is 8.32. The SMILES string of the molecule is Cc1sc(NC(=O)NCC(=O)O)c(C(=O)O)c1C. The van der Waals surface area contributed by atoms with Crippen molar-refractivity contribution >= 4 is 34.3 Å². The Labute approximate surface area is 106 Å². The average Bonchev–Trinajstić information content (AvgIpc) is 2.51. The highest BCUT2D eigenvalue weighted by Crippen LogP contribution is 2.32. The molecule has 0 fully saturated rings. The Kier molecular flexibility index (Phi) is 4.27. The molecule has 1 aromatic rings. The fraction of sp³-hybridized carbons (Fsp3) is 0.300. The summed E-state index contributed by atoms with van der Waals surface area (Å²) in [5.74, 6) is -2.31. The molecule has 0 saturated carbocycles. The van der Waals surface area contributed by atoms with Gasteiger partial charge in [0.1, 0.15) is 11.5 Å². The highest BCUT2D eigenvalue weighted by Gasteiger charge is 2.20. The van der Waals surface area contributed by atoms with Gasteiger partial charge in [-0.2, -0.15) is 0 Å². The molecule has 0 aliphatic heterocycles. The Morgan fingerprint density at radius 3 is 2.33 bits per heavy atom. The number of hydrogen-bond acceptors (Lipinski definition) is 4. The zero-order valence-electron chi connectivity index (χ0n) is 9.73. The Morgan fingerprint density at radius 2 is 1.83 bits per heavy atom. The van der Waals surface area contributed by atoms with Crippen LogP contribution in [0.15, 0.2) is 0 Å². The minimum atomic E-state index is -1.18. The van der Waals surface area contributed by atoms with Crippen molar-refractivity contribution in [2.45, 2.75) is 13.8 Å². The first kappa shape index (κ1) is 14.0. The number of aliphatic carboxylic acids is 1. The number of carboxylic acid groups (broad SMARTS) is 2. The molecule has 1 rings (SSSR count). The molecule has 1 heterocycles. The second-order valence-electron chi connectivity index (χ2n) is 3.49. The number of carboxylic acids is 2. The van der Waals surface area contributed by atoms with Gasteiger partial charge in [-0.15, -0.1) is 11.3 Å². The summed E-state index contributed by atoms with van der Waals surface area (Å²) in [5, 5.41) is 22.0. The van der Waals surface area contributed by atoms with Crippen molar-refractivity contribution in [3.63, 3.8) is 0 Å². The lowest BCUT2D eigenvalue weighted by Crippen LogP contribution is -2.33. The van der Waals surface area contributed by atoms with Gasteiger partial charge in [-0.05, 0) is 19.4 Å². The van der Waals surface area contributed by atoms with Gasteiger partial charge < -0.3 is 15.5 Å². The number of hydrogen-bond donors (Lipinski definition) is 4. The van der Waals surface area contributed by atoms with Crippen LogP contribution in [0.4, 0.5) is 9.80 Å². The molecule has 0 saturated heterocycles. The topological polar surface area (TPSA) is 116 Å². The molecule has 2 amide bonds. The van der Waals surface area contributed by atoms with Gasteiger partial charge in [-0.25, -0.2) is 9.59 Å². The number of aryl methyl sites for hydroxylation is 1. The van der Waals surface area contributed by atoms with E-state index < -0.39 is 24.5 Å². The summed E-state index contributed by atoms with van der Waals surface area (Å²) in [7, 11) is 0. The zero-order valence-corrected chi connectivity index (χ0v) is 10.6. The molecule has 0 radical (unpaired) electrons. The third-order valence-electron chi connectivity index (χ3n) is 2.23. The van der Waals surface area contributed by atoms with E-state index in [9.17, 15) is 14.4 Å². The summed E-state index contributed by atoms with van der Waals surface area (Å²) >= 11 is 1.13. The predicted molar refractivity (Wildman–Crippen MR) is 65.4 cm³/mol. The largest absolute Gasteiger partial charge is 0.480 e. The Bertz CT molecular complexity index is 509. The molecular weight excluding hydrogens is 260 g/mol. The van der Waals surface area contributed by atoms with Crippen molar-refractivity contribution in [1.29, 1.82) is 0 Å². The summed E-state index contributed by atoms with van der Waals surface area (Å²) in [6, 6.07) is -0.749. The third kappa shape index (κ3) is 3.20. The summed E-state index contributed by atoms with van der Waals surface area (Å²) in [6.07, 6.45) is 0. The predicted octanol–water partition coefficient (Wildman–Crippen LogP) is 1.27. The number of aromatic carboxylic acids is 1. The molecular formula is C10H12N2O5S. The number of thiophene rings is 1. The molecule has 18 heavy (non-hydrogen) atoms. The van der Waals surface area contributed by atoms with Gasteiger partial charge in [-0.1, -0.05) is 0 Å². The van der Waals surface area contributed by atoms with Gasteiger partial charge in [0.25, 0.3) is 0 Å². The Morgan fingerprint density at radius 1 is 1.22 bits per heavy atom. The van der Waals surface area contributed by atoms with E-state index in [1.807, 2.05) is 0 Å². The molecule has 8 heteroatoms. The van der Waals surface area contributed by atoms with E-state index in [-0.39, 0.29) is 10.6 Å². The molecule has 98 valence electrons. The van der Waals surface area contributed by atoms with Crippen LogP contribution in [0.25, 0.3) is 0 Å². The number of carbonyl (C=O) groups excluding carboxylic acids is 1. The maximum atomic E-state index is 11.3. The normalized spacial score (nSPS) is 9.89. The Balaban J connectivity index is 2.84. The average molecular weight is 272 g/mol. The van der Waals surface area contributed by atoms with Crippen molar-refractivity contribution < 1.29 is 24.6 Å². The number of anilines is 1. The molecule has 0 atom stereocenters. The van der Waals surface area contributed by atoms with Crippen LogP contribution in [0.2, 0.25) is 0 Å². The van der Waals surface area contributed by atoms with Gasteiger partial charge in [0.2, 0.25) is 0 Å². The molecule has 0 spiro atoms. The van der Waals surface area contributed by atoms with Crippen LogP contribution in [0.3, 0.4) is 0 Å². The minimum absolute atomic E-state index is 0.0305. The number of rotatable bonds is 4. The van der Waals surface area contributed by atoms with E-state index in [1.165, 1.54) is 0 Å². The first-order valence-corrected chi connectivity index (χ1v) is 5.74. The highest BCUT2D eigenvalue weighted by atomic mass is 32.1. The number of amides is 2. The second kappa shape index (κ2) is 5.50. The number of nitrogens with one attached hydrogen (secondary N) is 2. The second-order valence-corrected chi connectivity index (χ2v) is 4.72. The van der Waals surface area contributed by atoms with Crippen LogP contribution in [0.1, 0.15) is 20.8 Å². The van der Waals surface area contributed by atoms with Crippen molar-refractivity contribution in [2.75, 3.05) is 11.9 Å². The van der Waals surface area contributed by atoms with Crippen molar-refractivity contribution in [1.82, 2.24) is 5.32 Å². The summed E-state index contributed by atoms with van der Waals surface area (Å²) in [6.45, 7) is 2.86. The monoisotopic (exact) mass is 272 g/mol. The zero-order chi connectivity index (χ0) is 13.9. The molecule has 0 bridgehead atoms. The Hall–Kier alpha value is -2.09. The van der Waals surface area contributed by atoms with E-state index in [0.29, 0.717) is 5.56 Å². The van der Waals surface area contributed by atoms with Gasteiger partial charge in [0, 0.05) is 4.88 Å². The van der Waals surface area contributed by atoms with Gasteiger partial charge in [0.05, 0.1) is 5.56 Å². The lowest BCUT2D eigenvalue weighted by atomic mass is 10.1. The molecule has 1 aromatic heterocycles. The van der Waals surface area contributed by atoms with Crippen molar-refractivity contribution in [2.24, 2.45) is 0 Å². The fourth-order valence-corrected chi connectivity index (χ4v) is 2.32. The summed E-state index contributed by atoms with van der Waals surface area (Å²) in [4.78, 5) is 33.4. The minimum Gasteiger partial charge on any atom is -0.480 e. The van der Waals surface area contributed by atoms with Crippen LogP contribution >= 0.6 is 11.3 Å². The standard InChI is InChI=1S/C10H12N2O5S/c1-4-5(2)18-8(7(4)9(15)16)12-10(17)11-3-6(13)14/h3H2,1-2H3,(H,13,14)(H,15,16)(H2,11,12,17). The molecule has 0 aliphatic rings. The third-order valence-corrected chi connectivity index (χ3v) is 3.35. The fourth-order valence-electron chi connectivity index (χ4n) is 1.28. The molecule has 7 nitrogen and oxygen atoms in total. The van der Waals surface area contributed by atoms with Crippen LogP contribution in [0, 0.1) is 13.8 Å². The van der Waals surface area contributed by atoms with E-state index in [4.69, 9.17) is 10.2 Å². The van der Waals surface area contributed by atoms with Gasteiger partial charge in [0.15, 0.2) is 0 Å². The first-order valence-electron chi connectivity index (χ1n) is 4.92. The van der Waals surface area contributed by atoms with Gasteiger partial charge >= 0.3 is 18.0 Å². The number of urea groups is 1. The van der Waals surface area contributed by atoms with E-state index >= 15 is 0 Å². The van der Waals surface area contributed by atoms with Gasteiger partial charge in [-0.3, -0.25) is 10.1 Å². The molecule has 0 aliphatic carbocycles. The van der Waals surface area contributed by atoms with Crippen LogP contribution < -0.4 is 10.6 Å². The maximum Gasteiger partial charge on any atom is 0.338 e. The quantitative estimate of drug-likeness (QED) is 0.658. The lowest BCUT2D eigenvalue weighted by Gasteiger charge is -2.04. The van der Waals surface area contributed by atoms with E-state index in [2.05, 4.69) is 10.6 Å². The smallest absolute Gasteiger partial charge is 0.338 e. The molecule has 0 unspecified atom stereocenters. The van der Waals surface area contributed by atoms with Crippen LogP contribution in [-0.4, -0.2) is 34.7 Å². The van der Waals surface area contributed by atoms with Crippen molar-refractivity contribution in [3.8, 4) is 0 Å². The molecule has 4 N–H and O–H groups in total. The van der Waals surface area contributed by atoms with Crippen LogP contribution in [0.5, 0.6) is 0 Å². The number of carbonyl (C=O) groups is 3. The van der Waals surface area contributed by atoms with Crippen LogP contribution in [-0.2, 0) is 4.79 Å². The van der Waals surface area contributed by atoms with E-state index in [0.717, 1.165) is 16.2 Å². The van der Waals surface area contributed by atoms with Crippen molar-refractivity contribution in [3.05, 3.63) is 16.0 Å². The molecule has 0 aromatic carbocycles. The lowest BCUT2D eigenvalue weighted by molar-refractivity contribution is -0.135. The maximum absolute atomic E-state index is 11.3.